The van der Waals surface area contributed by atoms with Gasteiger partial charge in [0.05, 0.1) is 18.1 Å². The molecule has 1 aliphatic rings. The highest BCUT2D eigenvalue weighted by Crippen LogP contribution is 2.40. The number of ether oxygens (including phenoxy) is 1. The van der Waals surface area contributed by atoms with E-state index >= 15 is 0 Å². The molecular weight excluding hydrogens is 284 g/mol. The van der Waals surface area contributed by atoms with Gasteiger partial charge in [0, 0.05) is 4.88 Å². The topological polar surface area (TPSA) is 62.1 Å². The largest absolute Gasteiger partial charge is 0.497 e. The number of nitrogens with zero attached hydrogens (tertiary/aromatic N) is 1. The van der Waals surface area contributed by atoms with Crippen LogP contribution in [0.1, 0.15) is 20.8 Å². The number of thiophene rings is 1. The Morgan fingerprint density at radius 3 is 2.95 bits per heavy atom. The van der Waals surface area contributed by atoms with Crippen LogP contribution in [-0.2, 0) is 12.8 Å². The number of hydrogen-bond acceptors (Lipinski definition) is 4. The minimum atomic E-state index is -0.175. The number of methoxy groups -OCH3 is 1. The average molecular weight is 298 g/mol. The number of nitrogens with one attached hydrogen (secondary N) is 1. The maximum Gasteiger partial charge on any atom is 0.262 e. The average Bonchev–Trinajstić information content (AvgIpc) is 2.96. The summed E-state index contributed by atoms with van der Waals surface area (Å²) in [5, 5.41) is 11.1. The lowest BCUT2D eigenvalue weighted by molar-refractivity contribution is 0.0962. The SMILES string of the molecule is COc1ccc2c(c1)CCc1cc(C(=O)NCC#N)sc1-2. The van der Waals surface area contributed by atoms with Gasteiger partial charge in [0.1, 0.15) is 12.3 Å². The Balaban J connectivity index is 1.96. The normalized spacial score (nSPS) is 12.0. The molecule has 0 saturated carbocycles. The third-order valence-electron chi connectivity index (χ3n) is 3.58. The maximum absolute atomic E-state index is 12.0. The standard InChI is InChI=1S/C16H14N2O2S/c1-20-12-4-5-13-10(8-12)2-3-11-9-14(21-15(11)13)16(19)18-7-6-17/h4-5,8-9H,2-3,7H2,1H3,(H,18,19). The van der Waals surface area contributed by atoms with E-state index in [2.05, 4.69) is 17.4 Å². The molecule has 3 rings (SSSR count). The number of benzene rings is 1. The molecule has 0 aliphatic heterocycles. The Hall–Kier alpha value is -2.32. The molecule has 1 aromatic heterocycles. The maximum atomic E-state index is 12.0. The van der Waals surface area contributed by atoms with E-state index in [1.54, 1.807) is 7.11 Å². The van der Waals surface area contributed by atoms with Crippen molar-refractivity contribution < 1.29 is 9.53 Å². The van der Waals surface area contributed by atoms with Crippen LogP contribution >= 0.6 is 11.3 Å². The van der Waals surface area contributed by atoms with Crippen LogP contribution in [0.4, 0.5) is 0 Å². The van der Waals surface area contributed by atoms with Crippen molar-refractivity contribution in [2.24, 2.45) is 0 Å². The van der Waals surface area contributed by atoms with E-state index in [1.807, 2.05) is 18.2 Å². The molecule has 0 fully saturated rings. The summed E-state index contributed by atoms with van der Waals surface area (Å²) in [7, 11) is 1.67. The van der Waals surface area contributed by atoms with Crippen molar-refractivity contribution in [1.82, 2.24) is 5.32 Å². The predicted octanol–water partition coefficient (Wildman–Crippen LogP) is 2.78. The van der Waals surface area contributed by atoms with Crippen molar-refractivity contribution in [3.63, 3.8) is 0 Å². The molecule has 0 atom stereocenters. The fraction of sp³-hybridized carbons (Fsp3) is 0.250. The van der Waals surface area contributed by atoms with Crippen molar-refractivity contribution in [2.45, 2.75) is 12.8 Å². The molecule has 1 N–H and O–H groups in total. The lowest BCUT2D eigenvalue weighted by atomic mass is 9.91. The minimum absolute atomic E-state index is 0.0369. The Bertz CT molecular complexity index is 743. The molecule has 0 saturated heterocycles. The zero-order valence-electron chi connectivity index (χ0n) is 11.6. The van der Waals surface area contributed by atoms with Crippen molar-refractivity contribution in [2.75, 3.05) is 13.7 Å². The van der Waals surface area contributed by atoms with Gasteiger partial charge >= 0.3 is 0 Å². The predicted molar refractivity (Wildman–Crippen MR) is 81.7 cm³/mol. The van der Waals surface area contributed by atoms with Gasteiger partial charge in [0.2, 0.25) is 0 Å². The highest BCUT2D eigenvalue weighted by molar-refractivity contribution is 7.17. The van der Waals surface area contributed by atoms with Gasteiger partial charge in [0.15, 0.2) is 0 Å². The van der Waals surface area contributed by atoms with Gasteiger partial charge in [-0.1, -0.05) is 0 Å². The van der Waals surface area contributed by atoms with Gasteiger partial charge in [0.25, 0.3) is 5.91 Å². The first-order valence-electron chi connectivity index (χ1n) is 6.68. The number of fused-ring (bicyclic) bond motifs is 3. The van der Waals surface area contributed by atoms with Gasteiger partial charge in [-0.25, -0.2) is 0 Å². The van der Waals surface area contributed by atoms with Crippen molar-refractivity contribution in [1.29, 1.82) is 5.26 Å². The van der Waals surface area contributed by atoms with Crippen molar-refractivity contribution >= 4 is 17.2 Å². The van der Waals surface area contributed by atoms with Gasteiger partial charge < -0.3 is 10.1 Å². The first-order valence-corrected chi connectivity index (χ1v) is 7.49. The van der Waals surface area contributed by atoms with Crippen LogP contribution in [0.15, 0.2) is 24.3 Å². The fourth-order valence-corrected chi connectivity index (χ4v) is 3.74. The molecule has 1 heterocycles. The van der Waals surface area contributed by atoms with E-state index in [9.17, 15) is 4.79 Å². The van der Waals surface area contributed by atoms with Gasteiger partial charge in [-0.2, -0.15) is 5.26 Å². The van der Waals surface area contributed by atoms with Crippen LogP contribution in [0, 0.1) is 11.3 Å². The summed E-state index contributed by atoms with van der Waals surface area (Å²) in [5.41, 5.74) is 3.65. The second kappa shape index (κ2) is 5.58. The molecular formula is C16H14N2O2S. The molecule has 0 bridgehead atoms. The third-order valence-corrected chi connectivity index (χ3v) is 4.79. The number of nitriles is 1. The van der Waals surface area contributed by atoms with Crippen LogP contribution in [0.2, 0.25) is 0 Å². The third kappa shape index (κ3) is 2.50. The van der Waals surface area contributed by atoms with Crippen LogP contribution in [0.5, 0.6) is 5.75 Å². The van der Waals surface area contributed by atoms with Crippen molar-refractivity contribution in [3.05, 3.63) is 40.3 Å². The lowest BCUT2D eigenvalue weighted by Crippen LogP contribution is -2.22. The fourth-order valence-electron chi connectivity index (χ4n) is 2.56. The van der Waals surface area contributed by atoms with E-state index in [4.69, 9.17) is 10.00 Å². The molecule has 0 spiro atoms. The molecule has 1 aromatic carbocycles. The Kier molecular flexibility index (Phi) is 3.63. The molecule has 106 valence electrons. The smallest absolute Gasteiger partial charge is 0.262 e. The number of aryl methyl sites for hydroxylation is 2. The zero-order valence-corrected chi connectivity index (χ0v) is 12.4. The summed E-state index contributed by atoms with van der Waals surface area (Å²) >= 11 is 1.49. The molecule has 0 unspecified atom stereocenters. The second-order valence-corrected chi connectivity index (χ2v) is 5.88. The summed E-state index contributed by atoms with van der Waals surface area (Å²) in [6, 6.07) is 9.93. The quantitative estimate of drug-likeness (QED) is 0.886. The second-order valence-electron chi connectivity index (χ2n) is 4.83. The van der Waals surface area contributed by atoms with E-state index in [0.29, 0.717) is 4.88 Å². The van der Waals surface area contributed by atoms with Crippen LogP contribution < -0.4 is 10.1 Å². The Morgan fingerprint density at radius 2 is 2.19 bits per heavy atom. The van der Waals surface area contributed by atoms with Gasteiger partial charge in [-0.05, 0) is 53.8 Å². The zero-order chi connectivity index (χ0) is 14.8. The van der Waals surface area contributed by atoms with E-state index in [-0.39, 0.29) is 12.5 Å². The first kappa shape index (κ1) is 13.7. The lowest BCUT2D eigenvalue weighted by Gasteiger charge is -2.16. The van der Waals surface area contributed by atoms with Crippen LogP contribution in [-0.4, -0.2) is 19.6 Å². The highest BCUT2D eigenvalue weighted by Gasteiger charge is 2.21. The summed E-state index contributed by atoms with van der Waals surface area (Å²) < 4.78 is 5.26. The van der Waals surface area contributed by atoms with Crippen LogP contribution in [0.3, 0.4) is 0 Å². The molecule has 1 aliphatic carbocycles. The number of carbonyl (C=O) groups is 1. The molecule has 5 heteroatoms. The number of hydrogen-bond donors (Lipinski definition) is 1. The van der Waals surface area contributed by atoms with Crippen molar-refractivity contribution in [3.8, 4) is 22.3 Å². The summed E-state index contributed by atoms with van der Waals surface area (Å²) in [5.74, 6) is 0.687. The Morgan fingerprint density at radius 1 is 1.38 bits per heavy atom. The minimum Gasteiger partial charge on any atom is -0.497 e. The van der Waals surface area contributed by atoms with Crippen LogP contribution in [0.25, 0.3) is 10.4 Å². The van der Waals surface area contributed by atoms with Gasteiger partial charge in [-0.3, -0.25) is 4.79 Å². The molecule has 2 aromatic rings. The number of carbonyl (C=O) groups excluding carboxylic acids is 1. The summed E-state index contributed by atoms with van der Waals surface area (Å²) in [6.07, 6.45) is 1.88. The van der Waals surface area contributed by atoms with E-state index in [0.717, 1.165) is 23.5 Å². The molecule has 1 amide bonds. The Labute approximate surface area is 127 Å². The van der Waals surface area contributed by atoms with E-state index < -0.39 is 0 Å². The molecule has 4 nitrogen and oxygen atoms in total. The van der Waals surface area contributed by atoms with E-state index in [1.165, 1.54) is 28.0 Å². The summed E-state index contributed by atoms with van der Waals surface area (Å²) in [6.45, 7) is 0.0369. The number of amides is 1. The molecule has 21 heavy (non-hydrogen) atoms. The molecule has 0 radical (unpaired) electrons. The van der Waals surface area contributed by atoms with Gasteiger partial charge in [-0.15, -0.1) is 11.3 Å². The first-order chi connectivity index (χ1) is 10.2. The monoisotopic (exact) mass is 298 g/mol. The number of rotatable bonds is 3. The summed E-state index contributed by atoms with van der Waals surface area (Å²) in [4.78, 5) is 13.8. The highest BCUT2D eigenvalue weighted by atomic mass is 32.1.